The van der Waals surface area contributed by atoms with Gasteiger partial charge in [-0.25, -0.2) is 0 Å². The number of rotatable bonds is 10. The summed E-state index contributed by atoms with van der Waals surface area (Å²) in [6.45, 7) is 11.3. The van der Waals surface area contributed by atoms with Gasteiger partial charge in [-0.2, -0.15) is 0 Å². The van der Waals surface area contributed by atoms with E-state index < -0.39 is 8.32 Å². The predicted molar refractivity (Wildman–Crippen MR) is 107 cm³/mol. The predicted octanol–water partition coefficient (Wildman–Crippen LogP) is 5.74. The molecule has 0 heterocycles. The smallest absolute Gasteiger partial charge is 0.305 e. The standard InChI is InChI=1S/C21H36O3Si/c1-21(2,3)25(5,6)24-19(16-17-20(22)23-4)15-11-10-14-18-12-8-7-9-13-18/h7-9,12-13,19H,10-11,14-17H2,1-6H3/t19-/m1/s1. The Kier molecular flexibility index (Phi) is 8.87. The Morgan fingerprint density at radius 3 is 2.28 bits per heavy atom. The van der Waals surface area contributed by atoms with Crippen LogP contribution in [0.1, 0.15) is 58.4 Å². The molecule has 0 aliphatic carbocycles. The Balaban J connectivity index is 2.53. The lowest BCUT2D eigenvalue weighted by molar-refractivity contribution is -0.141. The molecule has 0 aromatic heterocycles. The van der Waals surface area contributed by atoms with Crippen LogP contribution in [0.25, 0.3) is 0 Å². The van der Waals surface area contributed by atoms with E-state index >= 15 is 0 Å². The molecule has 0 saturated carbocycles. The maximum atomic E-state index is 11.5. The number of unbranched alkanes of at least 4 members (excludes halogenated alkanes) is 1. The van der Waals surface area contributed by atoms with Crippen LogP contribution in [0.15, 0.2) is 30.3 Å². The first-order chi connectivity index (χ1) is 11.7. The minimum absolute atomic E-state index is 0.145. The summed E-state index contributed by atoms with van der Waals surface area (Å²) in [6.07, 6.45) is 5.73. The van der Waals surface area contributed by atoms with E-state index in [4.69, 9.17) is 9.16 Å². The van der Waals surface area contributed by atoms with Gasteiger partial charge in [-0.05, 0) is 49.4 Å². The number of esters is 1. The Morgan fingerprint density at radius 1 is 1.08 bits per heavy atom. The van der Waals surface area contributed by atoms with Gasteiger partial charge in [0.05, 0.1) is 7.11 Å². The van der Waals surface area contributed by atoms with Gasteiger partial charge in [0.1, 0.15) is 0 Å². The molecule has 0 saturated heterocycles. The van der Waals surface area contributed by atoms with Crippen molar-refractivity contribution in [3.05, 3.63) is 35.9 Å². The molecule has 0 radical (unpaired) electrons. The molecule has 0 spiro atoms. The first-order valence-corrected chi connectivity index (χ1v) is 12.3. The van der Waals surface area contributed by atoms with Crippen molar-refractivity contribution in [2.45, 2.75) is 83.5 Å². The first-order valence-electron chi connectivity index (χ1n) is 9.44. The monoisotopic (exact) mass is 364 g/mol. The molecule has 0 aliphatic heterocycles. The summed E-state index contributed by atoms with van der Waals surface area (Å²) < 4.78 is 11.4. The summed E-state index contributed by atoms with van der Waals surface area (Å²) in [5.74, 6) is -0.145. The average Bonchev–Trinajstić information content (AvgIpc) is 2.55. The highest BCUT2D eigenvalue weighted by Crippen LogP contribution is 2.38. The van der Waals surface area contributed by atoms with Crippen molar-refractivity contribution < 1.29 is 14.0 Å². The van der Waals surface area contributed by atoms with Gasteiger partial charge in [0.15, 0.2) is 8.32 Å². The van der Waals surface area contributed by atoms with Crippen molar-refractivity contribution in [3.8, 4) is 0 Å². The van der Waals surface area contributed by atoms with Crippen LogP contribution < -0.4 is 0 Å². The lowest BCUT2D eigenvalue weighted by Gasteiger charge is -2.39. The number of carbonyl (C=O) groups is 1. The molecule has 1 aromatic carbocycles. The van der Waals surface area contributed by atoms with Crippen molar-refractivity contribution in [1.82, 2.24) is 0 Å². The van der Waals surface area contributed by atoms with E-state index in [0.717, 1.165) is 32.1 Å². The zero-order valence-electron chi connectivity index (χ0n) is 16.9. The van der Waals surface area contributed by atoms with E-state index in [1.54, 1.807) is 0 Å². The molecule has 25 heavy (non-hydrogen) atoms. The van der Waals surface area contributed by atoms with Crippen LogP contribution in [0.5, 0.6) is 0 Å². The summed E-state index contributed by atoms with van der Waals surface area (Å²) in [7, 11) is -0.376. The molecule has 0 aliphatic rings. The lowest BCUT2D eigenvalue weighted by Crippen LogP contribution is -2.44. The van der Waals surface area contributed by atoms with Crippen molar-refractivity contribution in [2.24, 2.45) is 0 Å². The topological polar surface area (TPSA) is 35.5 Å². The third-order valence-electron chi connectivity index (χ3n) is 5.25. The number of ether oxygens (including phenoxy) is 1. The van der Waals surface area contributed by atoms with Crippen molar-refractivity contribution in [3.63, 3.8) is 0 Å². The number of aryl methyl sites for hydroxylation is 1. The minimum Gasteiger partial charge on any atom is -0.469 e. The van der Waals surface area contributed by atoms with Crippen LogP contribution in [-0.4, -0.2) is 27.5 Å². The second kappa shape index (κ2) is 10.1. The highest BCUT2D eigenvalue weighted by Gasteiger charge is 2.39. The highest BCUT2D eigenvalue weighted by molar-refractivity contribution is 6.74. The fourth-order valence-electron chi connectivity index (χ4n) is 2.58. The first kappa shape index (κ1) is 21.9. The zero-order chi connectivity index (χ0) is 18.9. The van der Waals surface area contributed by atoms with Gasteiger partial charge < -0.3 is 9.16 Å². The Hall–Kier alpha value is -1.13. The molecule has 1 aromatic rings. The van der Waals surface area contributed by atoms with Crippen LogP contribution in [0.4, 0.5) is 0 Å². The maximum absolute atomic E-state index is 11.5. The van der Waals surface area contributed by atoms with Crippen molar-refractivity contribution in [1.29, 1.82) is 0 Å². The van der Waals surface area contributed by atoms with Gasteiger partial charge in [-0.3, -0.25) is 4.79 Å². The van der Waals surface area contributed by atoms with E-state index in [1.165, 1.54) is 12.7 Å². The molecule has 0 amide bonds. The van der Waals surface area contributed by atoms with Crippen LogP contribution in [0, 0.1) is 0 Å². The molecule has 1 atom stereocenters. The van der Waals surface area contributed by atoms with Gasteiger partial charge in [0, 0.05) is 12.5 Å². The third kappa shape index (κ3) is 8.19. The Labute approximate surface area is 155 Å². The summed E-state index contributed by atoms with van der Waals surface area (Å²) in [5.41, 5.74) is 1.39. The normalized spacial score (nSPS) is 13.5. The van der Waals surface area contributed by atoms with Crippen LogP contribution in [-0.2, 0) is 20.4 Å². The van der Waals surface area contributed by atoms with Gasteiger partial charge in [0.2, 0.25) is 0 Å². The maximum Gasteiger partial charge on any atom is 0.305 e. The van der Waals surface area contributed by atoms with Gasteiger partial charge in [-0.1, -0.05) is 57.5 Å². The van der Waals surface area contributed by atoms with Gasteiger partial charge in [-0.15, -0.1) is 0 Å². The summed E-state index contributed by atoms with van der Waals surface area (Å²) in [4.78, 5) is 11.5. The molecule has 0 bridgehead atoms. The van der Waals surface area contributed by atoms with Crippen molar-refractivity contribution in [2.75, 3.05) is 7.11 Å². The van der Waals surface area contributed by atoms with E-state index in [-0.39, 0.29) is 17.1 Å². The molecule has 4 heteroatoms. The largest absolute Gasteiger partial charge is 0.469 e. The minimum atomic E-state index is -1.83. The van der Waals surface area contributed by atoms with E-state index in [1.807, 2.05) is 0 Å². The molecular weight excluding hydrogens is 328 g/mol. The number of benzene rings is 1. The summed E-state index contributed by atoms with van der Waals surface area (Å²) >= 11 is 0. The van der Waals surface area contributed by atoms with Gasteiger partial charge in [0.25, 0.3) is 0 Å². The van der Waals surface area contributed by atoms with E-state index in [2.05, 4.69) is 64.2 Å². The molecular formula is C21H36O3Si. The summed E-state index contributed by atoms with van der Waals surface area (Å²) in [6, 6.07) is 10.6. The average molecular weight is 365 g/mol. The van der Waals surface area contributed by atoms with Gasteiger partial charge >= 0.3 is 5.97 Å². The van der Waals surface area contributed by atoms with E-state index in [9.17, 15) is 4.79 Å². The third-order valence-corrected chi connectivity index (χ3v) is 9.78. The van der Waals surface area contributed by atoms with Crippen LogP contribution >= 0.6 is 0 Å². The molecule has 3 nitrogen and oxygen atoms in total. The SMILES string of the molecule is COC(=O)CC[C@@H](CCCCc1ccccc1)O[Si](C)(C)C(C)(C)C. The number of hydrogen-bond acceptors (Lipinski definition) is 3. The molecule has 1 rings (SSSR count). The Morgan fingerprint density at radius 2 is 1.72 bits per heavy atom. The number of hydrogen-bond donors (Lipinski definition) is 0. The zero-order valence-corrected chi connectivity index (χ0v) is 17.9. The number of carbonyl (C=O) groups excluding carboxylic acids is 1. The highest BCUT2D eigenvalue weighted by atomic mass is 28.4. The Bertz CT molecular complexity index is 506. The second-order valence-electron chi connectivity index (χ2n) is 8.35. The van der Waals surface area contributed by atoms with Crippen molar-refractivity contribution >= 4 is 14.3 Å². The van der Waals surface area contributed by atoms with E-state index in [0.29, 0.717) is 6.42 Å². The fraction of sp³-hybridized carbons (Fsp3) is 0.667. The molecule has 0 unspecified atom stereocenters. The number of methoxy groups -OCH3 is 1. The van der Waals surface area contributed by atoms with Crippen LogP contribution in [0.2, 0.25) is 18.1 Å². The fourth-order valence-corrected chi connectivity index (χ4v) is 4.00. The lowest BCUT2D eigenvalue weighted by atomic mass is 10.0. The molecule has 142 valence electrons. The summed E-state index contributed by atoms with van der Waals surface area (Å²) in [5, 5.41) is 0.181. The second-order valence-corrected chi connectivity index (χ2v) is 13.1. The molecule has 0 fully saturated rings. The molecule has 0 N–H and O–H groups in total. The quantitative estimate of drug-likeness (QED) is 0.301. The van der Waals surface area contributed by atoms with Crippen LogP contribution in [0.3, 0.4) is 0 Å².